The number of urea groups is 1. The first-order valence-corrected chi connectivity index (χ1v) is 9.08. The molecule has 0 bridgehead atoms. The van der Waals surface area contributed by atoms with Crippen LogP contribution < -0.4 is 10.1 Å². The maximum Gasteiger partial charge on any atom is 0.317 e. The third kappa shape index (κ3) is 4.06. The molecule has 0 unspecified atom stereocenters. The normalized spacial score (nSPS) is 18.3. The summed E-state index contributed by atoms with van der Waals surface area (Å²) in [6.45, 7) is 4.19. The minimum absolute atomic E-state index is 0.00661. The summed E-state index contributed by atoms with van der Waals surface area (Å²) in [7, 11) is 1.58. The molecular formula is C19H27N3O3. The summed E-state index contributed by atoms with van der Waals surface area (Å²) in [5.74, 6) is 0.563. The van der Waals surface area contributed by atoms with E-state index in [9.17, 15) is 9.59 Å². The number of aryl methyl sites for hydroxylation is 1. The Morgan fingerprint density at radius 1 is 1.08 bits per heavy atom. The second-order valence-corrected chi connectivity index (χ2v) is 6.91. The zero-order valence-corrected chi connectivity index (χ0v) is 15.1. The average molecular weight is 345 g/mol. The van der Waals surface area contributed by atoms with Gasteiger partial charge in [0.1, 0.15) is 5.75 Å². The average Bonchev–Trinajstić information content (AvgIpc) is 3.14. The molecule has 25 heavy (non-hydrogen) atoms. The summed E-state index contributed by atoms with van der Waals surface area (Å²) in [6, 6.07) is 5.95. The number of piperazine rings is 1. The molecule has 1 aliphatic carbocycles. The number of hydrogen-bond donors (Lipinski definition) is 1. The van der Waals surface area contributed by atoms with Gasteiger partial charge in [-0.1, -0.05) is 24.5 Å². The number of nitrogens with one attached hydrogen (secondary N) is 1. The van der Waals surface area contributed by atoms with E-state index >= 15 is 0 Å². The smallest absolute Gasteiger partial charge is 0.317 e. The highest BCUT2D eigenvalue weighted by molar-refractivity contribution is 5.97. The van der Waals surface area contributed by atoms with Gasteiger partial charge < -0.3 is 19.9 Å². The molecule has 1 saturated carbocycles. The van der Waals surface area contributed by atoms with Gasteiger partial charge in [-0.2, -0.15) is 0 Å². The van der Waals surface area contributed by atoms with Crippen LogP contribution in [0.2, 0.25) is 0 Å². The fourth-order valence-electron chi connectivity index (χ4n) is 3.61. The molecule has 136 valence electrons. The molecule has 1 aromatic rings. The number of hydrogen-bond acceptors (Lipinski definition) is 3. The first-order valence-electron chi connectivity index (χ1n) is 9.08. The molecule has 6 heteroatoms. The second-order valence-electron chi connectivity index (χ2n) is 6.91. The molecule has 1 aliphatic heterocycles. The van der Waals surface area contributed by atoms with Crippen LogP contribution in [0, 0.1) is 6.92 Å². The molecule has 3 amide bonds. The van der Waals surface area contributed by atoms with Gasteiger partial charge in [-0.05, 0) is 31.9 Å². The van der Waals surface area contributed by atoms with Gasteiger partial charge in [0.2, 0.25) is 0 Å². The van der Waals surface area contributed by atoms with Crippen LogP contribution in [0.4, 0.5) is 4.79 Å². The lowest BCUT2D eigenvalue weighted by molar-refractivity contribution is 0.0660. The lowest BCUT2D eigenvalue weighted by Gasteiger charge is -2.35. The largest absolute Gasteiger partial charge is 0.496 e. The van der Waals surface area contributed by atoms with E-state index in [0.29, 0.717) is 43.5 Å². The molecule has 1 N–H and O–H groups in total. The first kappa shape index (κ1) is 17.6. The lowest BCUT2D eigenvalue weighted by Crippen LogP contribution is -2.54. The number of nitrogens with zero attached hydrogens (tertiary/aromatic N) is 2. The van der Waals surface area contributed by atoms with E-state index in [1.165, 1.54) is 12.8 Å². The van der Waals surface area contributed by atoms with Crippen LogP contribution in [-0.2, 0) is 0 Å². The van der Waals surface area contributed by atoms with Crippen molar-refractivity contribution in [2.75, 3.05) is 33.3 Å². The Labute approximate surface area is 149 Å². The van der Waals surface area contributed by atoms with Crippen LogP contribution >= 0.6 is 0 Å². The van der Waals surface area contributed by atoms with Crippen molar-refractivity contribution in [2.24, 2.45) is 0 Å². The van der Waals surface area contributed by atoms with Crippen LogP contribution in [0.1, 0.15) is 41.6 Å². The SMILES string of the molecule is COc1ccc(C)cc1C(=O)N1CCN(C(=O)NC2CCCC2)CC1. The maximum atomic E-state index is 12.8. The molecule has 2 aliphatic rings. The summed E-state index contributed by atoms with van der Waals surface area (Å²) in [4.78, 5) is 28.8. The van der Waals surface area contributed by atoms with Crippen molar-refractivity contribution in [3.05, 3.63) is 29.3 Å². The fraction of sp³-hybridized carbons (Fsp3) is 0.579. The van der Waals surface area contributed by atoms with Crippen LogP contribution in [0.15, 0.2) is 18.2 Å². The number of methoxy groups -OCH3 is 1. The molecule has 1 heterocycles. The monoisotopic (exact) mass is 345 g/mol. The molecule has 0 radical (unpaired) electrons. The zero-order chi connectivity index (χ0) is 17.8. The maximum absolute atomic E-state index is 12.8. The zero-order valence-electron chi connectivity index (χ0n) is 15.1. The topological polar surface area (TPSA) is 61.9 Å². The quantitative estimate of drug-likeness (QED) is 0.915. The molecule has 1 aromatic carbocycles. The Morgan fingerprint density at radius 3 is 2.36 bits per heavy atom. The number of benzene rings is 1. The van der Waals surface area contributed by atoms with Crippen molar-refractivity contribution in [2.45, 2.75) is 38.6 Å². The fourth-order valence-corrected chi connectivity index (χ4v) is 3.61. The second kappa shape index (κ2) is 7.76. The van der Waals surface area contributed by atoms with E-state index in [1.54, 1.807) is 12.0 Å². The Hall–Kier alpha value is -2.24. The summed E-state index contributed by atoms with van der Waals surface area (Å²) in [6.07, 6.45) is 4.56. The van der Waals surface area contributed by atoms with E-state index in [4.69, 9.17) is 4.74 Å². The van der Waals surface area contributed by atoms with Gasteiger partial charge in [0, 0.05) is 32.2 Å². The van der Waals surface area contributed by atoms with Crippen LogP contribution in [0.5, 0.6) is 5.75 Å². The minimum Gasteiger partial charge on any atom is -0.496 e. The van der Waals surface area contributed by atoms with Crippen LogP contribution in [0.25, 0.3) is 0 Å². The molecule has 0 aromatic heterocycles. The highest BCUT2D eigenvalue weighted by atomic mass is 16.5. The van der Waals surface area contributed by atoms with E-state index in [-0.39, 0.29) is 11.9 Å². The molecule has 6 nitrogen and oxygen atoms in total. The van der Waals surface area contributed by atoms with E-state index < -0.39 is 0 Å². The van der Waals surface area contributed by atoms with Gasteiger partial charge >= 0.3 is 6.03 Å². The summed E-state index contributed by atoms with van der Waals surface area (Å²) in [5, 5.41) is 3.11. The van der Waals surface area contributed by atoms with Crippen molar-refractivity contribution in [1.82, 2.24) is 15.1 Å². The van der Waals surface area contributed by atoms with Gasteiger partial charge in [-0.15, -0.1) is 0 Å². The molecule has 3 rings (SSSR count). The first-order chi connectivity index (χ1) is 12.1. The van der Waals surface area contributed by atoms with Crippen molar-refractivity contribution < 1.29 is 14.3 Å². The van der Waals surface area contributed by atoms with Crippen LogP contribution in [0.3, 0.4) is 0 Å². The lowest BCUT2D eigenvalue weighted by atomic mass is 10.1. The van der Waals surface area contributed by atoms with Gasteiger partial charge in [-0.3, -0.25) is 4.79 Å². The Bertz CT molecular complexity index is 633. The number of carbonyl (C=O) groups excluding carboxylic acids is 2. The Morgan fingerprint density at radius 2 is 1.72 bits per heavy atom. The van der Waals surface area contributed by atoms with Crippen molar-refractivity contribution in [1.29, 1.82) is 0 Å². The summed E-state index contributed by atoms with van der Waals surface area (Å²) >= 11 is 0. The predicted molar refractivity (Wildman–Crippen MR) is 96.0 cm³/mol. The van der Waals surface area contributed by atoms with Gasteiger partial charge in [-0.25, -0.2) is 4.79 Å². The Balaban J connectivity index is 1.57. The molecule has 0 atom stereocenters. The number of carbonyl (C=O) groups is 2. The van der Waals surface area contributed by atoms with Crippen molar-refractivity contribution in [3.63, 3.8) is 0 Å². The van der Waals surface area contributed by atoms with Crippen LogP contribution in [-0.4, -0.2) is 61.1 Å². The molecule has 1 saturated heterocycles. The third-order valence-corrected chi connectivity index (χ3v) is 5.12. The van der Waals surface area contributed by atoms with Gasteiger partial charge in [0.25, 0.3) is 5.91 Å². The number of rotatable bonds is 3. The predicted octanol–water partition coefficient (Wildman–Crippen LogP) is 2.41. The highest BCUT2D eigenvalue weighted by Crippen LogP contribution is 2.22. The standard InChI is InChI=1S/C19H27N3O3/c1-14-7-8-17(25-2)16(13-14)18(23)21-9-11-22(12-10-21)19(24)20-15-5-3-4-6-15/h7-8,13,15H,3-6,9-12H2,1-2H3,(H,20,24). The summed E-state index contributed by atoms with van der Waals surface area (Å²) in [5.41, 5.74) is 1.62. The van der Waals surface area contributed by atoms with Gasteiger partial charge in [0.05, 0.1) is 12.7 Å². The van der Waals surface area contributed by atoms with Crippen molar-refractivity contribution in [3.8, 4) is 5.75 Å². The van der Waals surface area contributed by atoms with E-state index in [2.05, 4.69) is 5.32 Å². The molecule has 2 fully saturated rings. The Kier molecular flexibility index (Phi) is 5.46. The van der Waals surface area contributed by atoms with E-state index in [0.717, 1.165) is 18.4 Å². The molecule has 0 spiro atoms. The number of ether oxygens (including phenoxy) is 1. The molecular weight excluding hydrogens is 318 g/mol. The highest BCUT2D eigenvalue weighted by Gasteiger charge is 2.27. The summed E-state index contributed by atoms with van der Waals surface area (Å²) < 4.78 is 5.32. The van der Waals surface area contributed by atoms with Crippen molar-refractivity contribution >= 4 is 11.9 Å². The van der Waals surface area contributed by atoms with E-state index in [1.807, 2.05) is 30.0 Å². The minimum atomic E-state index is -0.0311. The third-order valence-electron chi connectivity index (χ3n) is 5.12. The van der Waals surface area contributed by atoms with Gasteiger partial charge in [0.15, 0.2) is 0 Å². The number of amides is 3.